The molecule has 2 unspecified atom stereocenters. The number of ether oxygens (including phenoxy) is 2. The van der Waals surface area contributed by atoms with Crippen LogP contribution in [0.4, 0.5) is 0 Å². The second kappa shape index (κ2) is 10.6. The summed E-state index contributed by atoms with van der Waals surface area (Å²) in [5.74, 6) is 1.44. The fourth-order valence-electron chi connectivity index (χ4n) is 2.75. The quantitative estimate of drug-likeness (QED) is 0.585. The van der Waals surface area contributed by atoms with Crippen LogP contribution in [0.25, 0.3) is 0 Å². The highest BCUT2D eigenvalue weighted by molar-refractivity contribution is 4.82. The van der Waals surface area contributed by atoms with Crippen molar-refractivity contribution in [3.05, 3.63) is 0 Å². The van der Waals surface area contributed by atoms with E-state index in [1.807, 2.05) is 0 Å². The Bertz CT molecular complexity index is 209. The molecule has 2 atom stereocenters. The molecule has 19 heavy (non-hydrogen) atoms. The molecule has 0 aromatic carbocycles. The van der Waals surface area contributed by atoms with E-state index in [-0.39, 0.29) is 0 Å². The first-order chi connectivity index (χ1) is 9.24. The van der Waals surface area contributed by atoms with Crippen molar-refractivity contribution in [3.8, 4) is 0 Å². The van der Waals surface area contributed by atoms with E-state index in [0.717, 1.165) is 44.9 Å². The average molecular weight is 271 g/mol. The van der Waals surface area contributed by atoms with Crippen LogP contribution < -0.4 is 5.32 Å². The summed E-state index contributed by atoms with van der Waals surface area (Å²) in [4.78, 5) is 0. The lowest BCUT2D eigenvalue weighted by molar-refractivity contribution is 0.0329. The number of hydrogen-bond acceptors (Lipinski definition) is 3. The lowest BCUT2D eigenvalue weighted by Crippen LogP contribution is -2.33. The van der Waals surface area contributed by atoms with Crippen LogP contribution >= 0.6 is 0 Å². The molecule has 0 aromatic heterocycles. The molecule has 0 aromatic rings. The third-order valence-electron chi connectivity index (χ3n) is 3.77. The van der Waals surface area contributed by atoms with E-state index in [9.17, 15) is 0 Å². The Morgan fingerprint density at radius 1 is 1.11 bits per heavy atom. The molecule has 114 valence electrons. The zero-order valence-electron chi connectivity index (χ0n) is 13.1. The molecule has 0 saturated heterocycles. The van der Waals surface area contributed by atoms with Crippen LogP contribution in [0, 0.1) is 11.8 Å². The zero-order chi connectivity index (χ0) is 13.9. The average Bonchev–Trinajstić information content (AvgIpc) is 2.82. The molecule has 1 rings (SSSR count). The normalized spacial score (nSPS) is 23.4. The summed E-state index contributed by atoms with van der Waals surface area (Å²) >= 11 is 0. The fraction of sp³-hybridized carbons (Fsp3) is 1.00. The van der Waals surface area contributed by atoms with Crippen molar-refractivity contribution >= 4 is 0 Å². The van der Waals surface area contributed by atoms with Gasteiger partial charge in [-0.05, 0) is 44.1 Å². The highest BCUT2D eigenvalue weighted by Crippen LogP contribution is 2.28. The smallest absolute Gasteiger partial charge is 0.0700 e. The van der Waals surface area contributed by atoms with Gasteiger partial charge in [0.25, 0.3) is 0 Å². The molecule has 1 fully saturated rings. The van der Waals surface area contributed by atoms with Crippen LogP contribution in [-0.2, 0) is 9.47 Å². The van der Waals surface area contributed by atoms with Gasteiger partial charge in [0.05, 0.1) is 13.2 Å². The molecule has 0 aliphatic heterocycles. The SMILES string of the molecule is CCCNC1CCCC1CCOCCOCC(C)C. The van der Waals surface area contributed by atoms with Gasteiger partial charge in [-0.25, -0.2) is 0 Å². The van der Waals surface area contributed by atoms with Crippen molar-refractivity contribution in [2.24, 2.45) is 11.8 Å². The molecule has 1 N–H and O–H groups in total. The number of rotatable bonds is 11. The van der Waals surface area contributed by atoms with E-state index in [2.05, 4.69) is 26.1 Å². The summed E-state index contributed by atoms with van der Waals surface area (Å²) < 4.78 is 11.2. The van der Waals surface area contributed by atoms with Gasteiger partial charge in [0.1, 0.15) is 0 Å². The van der Waals surface area contributed by atoms with Crippen LogP contribution in [0.1, 0.15) is 52.9 Å². The summed E-state index contributed by atoms with van der Waals surface area (Å²) in [5, 5.41) is 3.67. The lowest BCUT2D eigenvalue weighted by Gasteiger charge is -2.20. The van der Waals surface area contributed by atoms with Gasteiger partial charge in [-0.2, -0.15) is 0 Å². The summed E-state index contributed by atoms with van der Waals surface area (Å²) in [5.41, 5.74) is 0. The Hall–Kier alpha value is -0.120. The van der Waals surface area contributed by atoms with Gasteiger partial charge in [0, 0.05) is 19.3 Å². The van der Waals surface area contributed by atoms with Crippen molar-refractivity contribution < 1.29 is 9.47 Å². The highest BCUT2D eigenvalue weighted by atomic mass is 16.5. The molecule has 1 aliphatic carbocycles. The zero-order valence-corrected chi connectivity index (χ0v) is 13.1. The first-order valence-corrected chi connectivity index (χ1v) is 8.13. The first kappa shape index (κ1) is 16.9. The summed E-state index contributed by atoms with van der Waals surface area (Å²) in [7, 11) is 0. The highest BCUT2D eigenvalue weighted by Gasteiger charge is 2.25. The summed E-state index contributed by atoms with van der Waals surface area (Å²) in [6.07, 6.45) is 6.53. The van der Waals surface area contributed by atoms with Crippen molar-refractivity contribution in [3.63, 3.8) is 0 Å². The van der Waals surface area contributed by atoms with Gasteiger partial charge in [0.15, 0.2) is 0 Å². The Kier molecular flexibility index (Phi) is 9.48. The molecular formula is C16H33NO2. The molecule has 3 heteroatoms. The molecule has 0 radical (unpaired) electrons. The van der Waals surface area contributed by atoms with Gasteiger partial charge in [-0.15, -0.1) is 0 Å². The van der Waals surface area contributed by atoms with E-state index < -0.39 is 0 Å². The largest absolute Gasteiger partial charge is 0.379 e. The van der Waals surface area contributed by atoms with Crippen molar-refractivity contribution in [2.75, 3.05) is 33.0 Å². The van der Waals surface area contributed by atoms with Gasteiger partial charge < -0.3 is 14.8 Å². The molecule has 0 amide bonds. The predicted molar refractivity (Wildman–Crippen MR) is 80.5 cm³/mol. The number of nitrogens with one attached hydrogen (secondary N) is 1. The Labute approximate surface area is 119 Å². The van der Waals surface area contributed by atoms with Gasteiger partial charge in [0.2, 0.25) is 0 Å². The maximum absolute atomic E-state index is 5.68. The summed E-state index contributed by atoms with van der Waals surface area (Å²) in [6.45, 7) is 10.9. The third kappa shape index (κ3) is 7.91. The standard InChI is InChI=1S/C16H33NO2/c1-4-9-17-16-7-5-6-15(16)8-10-18-11-12-19-13-14(2)3/h14-17H,4-13H2,1-3H3. The lowest BCUT2D eigenvalue weighted by atomic mass is 10.00. The second-order valence-electron chi connectivity index (χ2n) is 6.12. The minimum atomic E-state index is 0.615. The van der Waals surface area contributed by atoms with E-state index in [0.29, 0.717) is 5.92 Å². The topological polar surface area (TPSA) is 30.5 Å². The maximum Gasteiger partial charge on any atom is 0.0700 e. The predicted octanol–water partition coefficient (Wildman–Crippen LogP) is 3.23. The van der Waals surface area contributed by atoms with Crippen LogP contribution in [0.5, 0.6) is 0 Å². The molecular weight excluding hydrogens is 238 g/mol. The monoisotopic (exact) mass is 271 g/mol. The van der Waals surface area contributed by atoms with E-state index in [1.54, 1.807) is 0 Å². The minimum Gasteiger partial charge on any atom is -0.379 e. The Morgan fingerprint density at radius 3 is 2.63 bits per heavy atom. The van der Waals surface area contributed by atoms with Gasteiger partial charge in [-0.1, -0.05) is 27.2 Å². The van der Waals surface area contributed by atoms with Crippen LogP contribution in [0.3, 0.4) is 0 Å². The molecule has 0 spiro atoms. The number of hydrogen-bond donors (Lipinski definition) is 1. The van der Waals surface area contributed by atoms with Crippen LogP contribution in [0.2, 0.25) is 0 Å². The van der Waals surface area contributed by atoms with Crippen molar-refractivity contribution in [1.29, 1.82) is 0 Å². The maximum atomic E-state index is 5.68. The van der Waals surface area contributed by atoms with Gasteiger partial charge >= 0.3 is 0 Å². The second-order valence-corrected chi connectivity index (χ2v) is 6.12. The molecule has 3 nitrogen and oxygen atoms in total. The molecule has 0 bridgehead atoms. The van der Waals surface area contributed by atoms with Crippen LogP contribution in [0.15, 0.2) is 0 Å². The Morgan fingerprint density at radius 2 is 1.89 bits per heavy atom. The van der Waals surface area contributed by atoms with Crippen molar-refractivity contribution in [1.82, 2.24) is 5.32 Å². The van der Waals surface area contributed by atoms with E-state index in [1.165, 1.54) is 32.1 Å². The first-order valence-electron chi connectivity index (χ1n) is 8.13. The molecule has 1 aliphatic rings. The summed E-state index contributed by atoms with van der Waals surface area (Å²) in [6, 6.07) is 0.737. The minimum absolute atomic E-state index is 0.615. The van der Waals surface area contributed by atoms with Gasteiger partial charge in [-0.3, -0.25) is 0 Å². The van der Waals surface area contributed by atoms with Crippen LogP contribution in [-0.4, -0.2) is 39.0 Å². The molecule has 1 saturated carbocycles. The molecule has 0 heterocycles. The fourth-order valence-corrected chi connectivity index (χ4v) is 2.75. The Balaban J connectivity index is 1.96. The van der Waals surface area contributed by atoms with Crippen molar-refractivity contribution in [2.45, 2.75) is 58.9 Å². The van der Waals surface area contributed by atoms with E-state index >= 15 is 0 Å². The third-order valence-corrected chi connectivity index (χ3v) is 3.77. The van der Waals surface area contributed by atoms with E-state index in [4.69, 9.17) is 9.47 Å².